The van der Waals surface area contributed by atoms with Crippen molar-refractivity contribution in [2.45, 2.75) is 294 Å². The van der Waals surface area contributed by atoms with E-state index in [0.717, 1.165) is 156 Å². The van der Waals surface area contributed by atoms with E-state index in [0.29, 0.717) is 162 Å². The Balaban J connectivity index is 0.000000102. The summed E-state index contributed by atoms with van der Waals surface area (Å²) in [6, 6.07) is 30.6. The predicted octanol–water partition coefficient (Wildman–Crippen LogP) is 17.1. The van der Waals surface area contributed by atoms with E-state index < -0.39 is 17.0 Å². The van der Waals surface area contributed by atoms with Crippen LogP contribution in [-0.2, 0) is 9.47 Å². The van der Waals surface area contributed by atoms with Gasteiger partial charge in [0.25, 0.3) is 27.8 Å². The maximum absolute atomic E-state index is 14.2. The summed E-state index contributed by atoms with van der Waals surface area (Å²) in [5, 5.41) is 24.9. The first-order chi connectivity index (χ1) is 66.2. The molecular weight excluding hydrogens is 1730 g/mol. The van der Waals surface area contributed by atoms with Gasteiger partial charge in [0.2, 0.25) is 0 Å². The Hall–Kier alpha value is -12.8. The van der Waals surface area contributed by atoms with Crippen molar-refractivity contribution in [1.29, 1.82) is 0 Å². The van der Waals surface area contributed by atoms with Crippen LogP contribution in [0.3, 0.4) is 0 Å². The van der Waals surface area contributed by atoms with Gasteiger partial charge in [-0.05, 0) is 248 Å². The molecule has 25 rings (SSSR count). The number of halogens is 3. The highest BCUT2D eigenvalue weighted by atomic mass is 19.2. The molecule has 2 aliphatic heterocycles. The molecule has 15 aromatic rings. The highest BCUT2D eigenvalue weighted by Crippen LogP contribution is 2.53. The summed E-state index contributed by atoms with van der Waals surface area (Å²) in [4.78, 5) is 125. The first kappa shape index (κ1) is 89.7. The van der Waals surface area contributed by atoms with E-state index >= 15 is 0 Å². The molecule has 2 unspecified atom stereocenters. The van der Waals surface area contributed by atoms with Crippen molar-refractivity contribution in [3.8, 4) is 0 Å². The minimum absolute atomic E-state index is 0.0939. The number of aromatic nitrogens is 25. The first-order valence-electron chi connectivity index (χ1n) is 48.8. The first-order valence-corrected chi connectivity index (χ1v) is 48.8. The van der Waals surface area contributed by atoms with Crippen LogP contribution in [0.2, 0.25) is 0 Å². The molecule has 10 fully saturated rings. The Bertz CT molecular complexity index is 6470. The van der Waals surface area contributed by atoms with Crippen molar-refractivity contribution in [3.63, 3.8) is 0 Å². The fraction of sp³-hybridized carbons (Fsp3) is 0.505. The molecule has 10 aliphatic rings. The van der Waals surface area contributed by atoms with Gasteiger partial charge in [-0.1, -0.05) is 30.3 Å². The highest BCUT2D eigenvalue weighted by molar-refractivity contribution is 5.76. The maximum Gasteiger partial charge on any atom is 0.262 e. The monoisotopic (exact) mass is 1850 g/mol. The molecule has 0 amide bonds. The number of fused-ring (bicyclic) bond motifs is 5. The summed E-state index contributed by atoms with van der Waals surface area (Å²) >= 11 is 0. The van der Waals surface area contributed by atoms with Crippen molar-refractivity contribution >= 4 is 55.2 Å². The molecule has 8 saturated carbocycles. The zero-order valence-corrected chi connectivity index (χ0v) is 76.7. The van der Waals surface area contributed by atoms with Crippen molar-refractivity contribution < 1.29 is 22.6 Å². The Morgan fingerprint density at radius 1 is 0.265 bits per heavy atom. The molecule has 0 radical (unpaired) electrons. The Morgan fingerprint density at radius 2 is 0.449 bits per heavy atom. The molecule has 35 heteroatoms. The average molecular weight is 1850 g/mol. The number of hydrogen-bond donors (Lipinski definition) is 5. The minimum Gasteiger partial charge on any atom is -0.381 e. The summed E-state index contributed by atoms with van der Waals surface area (Å²) < 4.78 is 62.8. The van der Waals surface area contributed by atoms with Crippen LogP contribution in [0, 0.1) is 0 Å². The second-order valence-corrected chi connectivity index (χ2v) is 39.7. The lowest BCUT2D eigenvalue weighted by atomic mass is 9.71. The van der Waals surface area contributed by atoms with Crippen LogP contribution >= 0.6 is 0 Å². The highest BCUT2D eigenvalue weighted by Gasteiger charge is 2.44. The van der Waals surface area contributed by atoms with E-state index in [4.69, 9.17) is 34.4 Å². The number of pyridine rings is 5. The summed E-state index contributed by atoms with van der Waals surface area (Å²) in [6.45, 7) is 7.91. The molecule has 8 aliphatic carbocycles. The van der Waals surface area contributed by atoms with E-state index in [9.17, 15) is 37.1 Å². The largest absolute Gasteiger partial charge is 0.381 e. The fourth-order valence-electron chi connectivity index (χ4n) is 22.1. The number of ether oxygens (including phenoxy) is 2. The average Bonchev–Trinajstić information content (AvgIpc) is 1.44. The standard InChI is InChI=1S/3C21H24FN5O.2C19H21N5O2/c3*1-21(22)9-7-13(8-10-21)27-19-16(12-24-27)20(28)26-18(25-19)15-6-5-14(15)17-4-2-3-11-23-17;2*25-19-15-11-21-24(12-6-9-26-10-7-12)18(15)22-17(23-19)14-5-4-13(14)16-3-1-2-8-20-16/h3*2-4,11-15H,5-10H2,1H3,(H,25,26,28);2*1-3,8,11-14H,4-7,9-10H2,(H,22,23,25)/t2*13?,14-,15-,21?;;2*13-,14+/m10.10/s1. The van der Waals surface area contributed by atoms with Crippen LogP contribution < -0.4 is 27.8 Å². The van der Waals surface area contributed by atoms with Crippen LogP contribution in [0.1, 0.15) is 335 Å². The molecule has 0 aromatic carbocycles. The van der Waals surface area contributed by atoms with Gasteiger partial charge in [0.15, 0.2) is 28.2 Å². The number of nitrogens with zero attached hydrogens (tertiary/aromatic N) is 20. The number of alkyl halides is 3. The number of H-pyrrole nitrogens is 5. The van der Waals surface area contributed by atoms with Gasteiger partial charge in [-0.2, -0.15) is 25.5 Å². The lowest BCUT2D eigenvalue weighted by molar-refractivity contribution is 0.0672. The summed E-state index contributed by atoms with van der Waals surface area (Å²) in [6.07, 6.45) is 38.3. The van der Waals surface area contributed by atoms with Gasteiger partial charge in [-0.3, -0.25) is 48.9 Å². The van der Waals surface area contributed by atoms with Gasteiger partial charge in [0, 0.05) is 145 Å². The van der Waals surface area contributed by atoms with Gasteiger partial charge < -0.3 is 34.4 Å². The molecule has 0 spiro atoms. The van der Waals surface area contributed by atoms with Crippen molar-refractivity contribution in [2.75, 3.05) is 26.4 Å². The summed E-state index contributed by atoms with van der Waals surface area (Å²) in [5.41, 5.74) is 4.60. The van der Waals surface area contributed by atoms with Crippen molar-refractivity contribution in [2.24, 2.45) is 0 Å². The van der Waals surface area contributed by atoms with E-state index in [1.807, 2.05) is 115 Å². The van der Waals surface area contributed by atoms with Crippen molar-refractivity contribution in [3.05, 3.63) is 262 Å². The molecule has 2 saturated heterocycles. The van der Waals surface area contributed by atoms with Crippen LogP contribution in [0.5, 0.6) is 0 Å². The van der Waals surface area contributed by atoms with E-state index in [-0.39, 0.29) is 105 Å². The maximum atomic E-state index is 14.2. The van der Waals surface area contributed by atoms with E-state index in [2.05, 4.69) is 87.5 Å². The molecule has 5 N–H and O–H groups in total. The lowest BCUT2D eigenvalue weighted by Gasteiger charge is -2.35. The van der Waals surface area contributed by atoms with Gasteiger partial charge in [-0.15, -0.1) is 0 Å². The minimum atomic E-state index is -1.10. The second kappa shape index (κ2) is 38.1. The number of aromatic amines is 5. The van der Waals surface area contributed by atoms with Crippen LogP contribution in [0.25, 0.3) is 55.2 Å². The van der Waals surface area contributed by atoms with Gasteiger partial charge in [0.05, 0.1) is 61.2 Å². The van der Waals surface area contributed by atoms with Crippen LogP contribution in [0.4, 0.5) is 13.2 Å². The molecule has 15 aromatic heterocycles. The number of hydrogen-bond acceptors (Lipinski definition) is 22. The molecule has 0 bridgehead atoms. The molecular formula is C101H114F3N25O7. The van der Waals surface area contributed by atoms with Crippen LogP contribution in [0.15, 0.2) is 177 Å². The van der Waals surface area contributed by atoms with Crippen molar-refractivity contribution in [1.82, 2.24) is 124 Å². The lowest BCUT2D eigenvalue weighted by Crippen LogP contribution is -2.29. The van der Waals surface area contributed by atoms with Gasteiger partial charge >= 0.3 is 0 Å². The second-order valence-electron chi connectivity index (χ2n) is 39.7. The molecule has 10 atom stereocenters. The van der Waals surface area contributed by atoms with Gasteiger partial charge in [-0.25, -0.2) is 61.5 Å². The number of rotatable bonds is 15. The zero-order chi connectivity index (χ0) is 92.9. The molecule has 136 heavy (non-hydrogen) atoms. The molecule has 706 valence electrons. The normalized spacial score (nSPS) is 27.8. The predicted molar refractivity (Wildman–Crippen MR) is 505 cm³/mol. The fourth-order valence-corrected chi connectivity index (χ4v) is 22.1. The Kier molecular flexibility index (Phi) is 25.1. The van der Waals surface area contributed by atoms with Crippen LogP contribution in [-0.4, -0.2) is 167 Å². The van der Waals surface area contributed by atoms with E-state index in [1.54, 1.807) is 70.3 Å². The molecule has 17 heterocycles. The number of nitrogens with one attached hydrogen (secondary N) is 5. The SMILES string of the molecule is CC1(F)CCC(n2ncc3c(=O)[nH]c(C4CCC4c4ccccn4)nc32)CC1.CC1(F)CCC(n2ncc3c(=O)[nH]c([C@@H]4CC[C@H]4c4ccccn4)nc32)CC1.CC1(F)CCC(n2ncc3c(=O)[nH]c([C@H]4CC[C@@H]4c4ccccn4)nc32)CC1.O=c1[nH]c([C@@H]2CC[C@@H]2c2ccccn2)nc2c1cnn2C1CCOCC1.O=c1[nH]c([C@H]2CC[C@H]2c2ccccn2)nc2c1cnn2C1CCOCC1. The third-order valence-electron chi connectivity index (χ3n) is 31.0. The smallest absolute Gasteiger partial charge is 0.262 e. The van der Waals surface area contributed by atoms with Gasteiger partial charge in [0.1, 0.15) is 73.1 Å². The zero-order valence-electron chi connectivity index (χ0n) is 76.7. The Labute approximate surface area is 780 Å². The quantitative estimate of drug-likeness (QED) is 0.0636. The van der Waals surface area contributed by atoms with E-state index in [1.165, 1.54) is 0 Å². The summed E-state index contributed by atoms with van der Waals surface area (Å²) in [5.74, 6) is 6.04. The Morgan fingerprint density at radius 3 is 0.618 bits per heavy atom. The third-order valence-corrected chi connectivity index (χ3v) is 31.0. The summed E-state index contributed by atoms with van der Waals surface area (Å²) in [7, 11) is 0. The topological polar surface area (TPSA) is 401 Å². The molecule has 32 nitrogen and oxygen atoms in total. The third kappa shape index (κ3) is 18.3.